The number of nitrogens with zero attached hydrogens (tertiary/aromatic N) is 2. The molecule has 3 heterocycles. The topological polar surface area (TPSA) is 122 Å². The highest BCUT2D eigenvalue weighted by atomic mass is 16.5. The Morgan fingerprint density at radius 1 is 1.46 bits per heavy atom. The van der Waals surface area contributed by atoms with Crippen LogP contribution in [-0.4, -0.2) is 43.7 Å². The van der Waals surface area contributed by atoms with Crippen LogP contribution in [0.2, 0.25) is 0 Å². The highest BCUT2D eigenvalue weighted by Gasteiger charge is 2.38. The molecule has 9 nitrogen and oxygen atoms in total. The van der Waals surface area contributed by atoms with Gasteiger partial charge in [0.1, 0.15) is 11.3 Å². The summed E-state index contributed by atoms with van der Waals surface area (Å²) in [5.74, 6) is 0.394. The van der Waals surface area contributed by atoms with E-state index in [1.807, 2.05) is 13.8 Å². The zero-order chi connectivity index (χ0) is 17.5. The smallest absolute Gasteiger partial charge is 0.329 e. The summed E-state index contributed by atoms with van der Waals surface area (Å²) in [5.41, 5.74) is -0.875. The van der Waals surface area contributed by atoms with E-state index in [2.05, 4.69) is 20.3 Å². The summed E-state index contributed by atoms with van der Waals surface area (Å²) in [5, 5.41) is 3.01. The molecule has 0 spiro atoms. The van der Waals surface area contributed by atoms with Crippen molar-refractivity contribution < 1.29 is 9.53 Å². The Kier molecular flexibility index (Phi) is 4.04. The summed E-state index contributed by atoms with van der Waals surface area (Å²) >= 11 is 0. The molecule has 2 aromatic heterocycles. The lowest BCUT2D eigenvalue weighted by molar-refractivity contribution is -0.123. The highest BCUT2D eigenvalue weighted by molar-refractivity contribution is 5.77. The first-order valence-electron chi connectivity index (χ1n) is 7.91. The van der Waals surface area contributed by atoms with Crippen LogP contribution < -0.4 is 16.6 Å². The molecule has 24 heavy (non-hydrogen) atoms. The number of aromatic nitrogens is 4. The van der Waals surface area contributed by atoms with Crippen molar-refractivity contribution in [1.29, 1.82) is 0 Å². The Morgan fingerprint density at radius 2 is 2.21 bits per heavy atom. The molecule has 9 heteroatoms. The quantitative estimate of drug-likeness (QED) is 0.700. The fraction of sp³-hybridized carbons (Fsp3) is 0.600. The van der Waals surface area contributed by atoms with Crippen molar-refractivity contribution >= 4 is 17.1 Å². The molecule has 2 atom stereocenters. The van der Waals surface area contributed by atoms with Crippen LogP contribution in [0.25, 0.3) is 11.2 Å². The van der Waals surface area contributed by atoms with Gasteiger partial charge >= 0.3 is 5.69 Å². The van der Waals surface area contributed by atoms with Crippen molar-refractivity contribution in [3.8, 4) is 0 Å². The predicted molar refractivity (Wildman–Crippen MR) is 86.9 cm³/mol. The Balaban J connectivity index is 1.71. The number of hydrogen-bond donors (Lipinski definition) is 3. The number of imidazole rings is 1. The average Bonchev–Trinajstić information content (AvgIpc) is 3.08. The summed E-state index contributed by atoms with van der Waals surface area (Å²) in [4.78, 5) is 44.9. The van der Waals surface area contributed by atoms with Crippen LogP contribution in [0.5, 0.6) is 0 Å². The number of rotatable bonds is 4. The number of carbonyl (C=O) groups excluding carboxylic acids is 1. The van der Waals surface area contributed by atoms with E-state index in [-0.39, 0.29) is 35.1 Å². The van der Waals surface area contributed by atoms with E-state index in [4.69, 9.17) is 4.74 Å². The molecule has 0 aromatic carbocycles. The lowest BCUT2D eigenvalue weighted by Crippen LogP contribution is -2.50. The molecule has 3 rings (SSSR count). The van der Waals surface area contributed by atoms with Gasteiger partial charge in [-0.1, -0.05) is 0 Å². The Bertz CT molecular complexity index is 895. The molecule has 2 unspecified atom stereocenters. The zero-order valence-corrected chi connectivity index (χ0v) is 13.9. The number of aryl methyl sites for hydroxylation is 2. The van der Waals surface area contributed by atoms with Crippen molar-refractivity contribution in [2.75, 3.05) is 6.61 Å². The number of nitrogens with one attached hydrogen (secondary N) is 3. The minimum Gasteiger partial charge on any atom is -0.376 e. The molecule has 0 bridgehead atoms. The van der Waals surface area contributed by atoms with Gasteiger partial charge in [0.2, 0.25) is 5.91 Å². The van der Waals surface area contributed by atoms with Crippen molar-refractivity contribution in [3.05, 3.63) is 26.7 Å². The highest BCUT2D eigenvalue weighted by Crippen LogP contribution is 2.25. The second-order valence-corrected chi connectivity index (χ2v) is 6.43. The summed E-state index contributed by atoms with van der Waals surface area (Å²) in [6.45, 7) is 4.55. The third-order valence-corrected chi connectivity index (χ3v) is 4.70. The number of H-pyrrole nitrogens is 2. The number of amides is 1. The van der Waals surface area contributed by atoms with Crippen molar-refractivity contribution in [2.24, 2.45) is 7.05 Å². The van der Waals surface area contributed by atoms with Gasteiger partial charge in [-0.25, -0.2) is 9.78 Å². The molecule has 2 aromatic rings. The summed E-state index contributed by atoms with van der Waals surface area (Å²) < 4.78 is 6.77. The molecule has 0 saturated carbocycles. The molecule has 0 aliphatic carbocycles. The summed E-state index contributed by atoms with van der Waals surface area (Å²) in [6.07, 6.45) is 1.33. The molecule has 1 fully saturated rings. The Morgan fingerprint density at radius 3 is 2.88 bits per heavy atom. The maximum atomic E-state index is 12.2. The average molecular weight is 335 g/mol. The van der Waals surface area contributed by atoms with Gasteiger partial charge in [-0.3, -0.25) is 19.1 Å². The largest absolute Gasteiger partial charge is 0.376 e. The minimum absolute atomic E-state index is 0.0271. The molecule has 130 valence electrons. The second kappa shape index (κ2) is 5.90. The third kappa shape index (κ3) is 2.86. The number of hydrogen-bond acceptors (Lipinski definition) is 5. The lowest BCUT2D eigenvalue weighted by Gasteiger charge is -2.28. The molecular formula is C15H21N5O4. The van der Waals surface area contributed by atoms with E-state index in [1.165, 1.54) is 11.6 Å². The first-order valence-corrected chi connectivity index (χ1v) is 7.91. The molecule has 1 amide bonds. The van der Waals surface area contributed by atoms with Gasteiger partial charge in [-0.05, 0) is 20.3 Å². The van der Waals surface area contributed by atoms with Crippen LogP contribution in [0.1, 0.15) is 32.5 Å². The maximum absolute atomic E-state index is 12.2. The molecule has 1 aliphatic rings. The monoisotopic (exact) mass is 335 g/mol. The van der Waals surface area contributed by atoms with E-state index in [1.54, 1.807) is 0 Å². The molecular weight excluding hydrogens is 314 g/mol. The molecule has 0 radical (unpaired) electrons. The predicted octanol–water partition coefficient (Wildman–Crippen LogP) is -0.434. The van der Waals surface area contributed by atoms with E-state index in [0.717, 1.165) is 6.42 Å². The van der Waals surface area contributed by atoms with Crippen molar-refractivity contribution in [1.82, 2.24) is 24.8 Å². The first kappa shape index (κ1) is 16.4. The van der Waals surface area contributed by atoms with Crippen molar-refractivity contribution in [3.63, 3.8) is 0 Å². The fourth-order valence-electron chi connectivity index (χ4n) is 2.88. The fourth-order valence-corrected chi connectivity index (χ4v) is 2.88. The third-order valence-electron chi connectivity index (χ3n) is 4.70. The molecule has 1 aliphatic heterocycles. The van der Waals surface area contributed by atoms with Crippen LogP contribution in [-0.2, 0) is 23.0 Å². The van der Waals surface area contributed by atoms with E-state index < -0.39 is 11.2 Å². The first-order chi connectivity index (χ1) is 11.3. The van der Waals surface area contributed by atoms with Crippen molar-refractivity contribution in [2.45, 2.75) is 44.8 Å². The van der Waals surface area contributed by atoms with E-state index >= 15 is 0 Å². The normalized spacial score (nSPS) is 23.7. The van der Waals surface area contributed by atoms with Gasteiger partial charge in [-0.15, -0.1) is 0 Å². The summed E-state index contributed by atoms with van der Waals surface area (Å²) in [7, 11) is 1.53. The molecule has 1 saturated heterocycles. The van der Waals surface area contributed by atoms with Crippen LogP contribution in [0.4, 0.5) is 0 Å². The minimum atomic E-state index is -0.522. The summed E-state index contributed by atoms with van der Waals surface area (Å²) in [6, 6.07) is 0. The van der Waals surface area contributed by atoms with Gasteiger partial charge < -0.3 is 15.0 Å². The van der Waals surface area contributed by atoms with E-state index in [9.17, 15) is 14.4 Å². The Labute approximate surface area is 137 Å². The number of aromatic amines is 2. The van der Waals surface area contributed by atoms with Crippen LogP contribution in [0, 0.1) is 0 Å². The van der Waals surface area contributed by atoms with Gasteiger partial charge in [0, 0.05) is 26.5 Å². The van der Waals surface area contributed by atoms with Crippen LogP contribution in [0.3, 0.4) is 0 Å². The number of carbonyl (C=O) groups is 1. The number of ether oxygens (including phenoxy) is 1. The zero-order valence-electron chi connectivity index (χ0n) is 13.9. The van der Waals surface area contributed by atoms with Gasteiger partial charge in [0.05, 0.1) is 11.6 Å². The van der Waals surface area contributed by atoms with E-state index in [0.29, 0.717) is 18.9 Å². The van der Waals surface area contributed by atoms with Crippen LogP contribution >= 0.6 is 0 Å². The van der Waals surface area contributed by atoms with Crippen LogP contribution in [0.15, 0.2) is 9.59 Å². The van der Waals surface area contributed by atoms with Gasteiger partial charge in [0.15, 0.2) is 5.65 Å². The maximum Gasteiger partial charge on any atom is 0.329 e. The Hall–Kier alpha value is -2.42. The SMILES string of the molecule is CC1OCCC1(C)NC(=O)CCc1nc2c([nH]1)c(=O)[nH]c(=O)n2C. The molecule has 3 N–H and O–H groups in total. The second-order valence-electron chi connectivity index (χ2n) is 6.43. The standard InChI is InChI=1S/C15H21N5O4/c1-8-15(2,6-7-24-8)19-10(21)5-4-9-16-11-12(17-9)20(3)14(23)18-13(11)22/h8H,4-7H2,1-3H3,(H,16,17)(H,19,21)(H,18,22,23). The van der Waals surface area contributed by atoms with Gasteiger partial charge in [-0.2, -0.15) is 0 Å². The number of fused-ring (bicyclic) bond motifs is 1. The lowest BCUT2D eigenvalue weighted by atomic mass is 9.94. The van der Waals surface area contributed by atoms with Gasteiger partial charge in [0.25, 0.3) is 5.56 Å².